The maximum atomic E-state index is 15.9. The Morgan fingerprint density at radius 2 is 1.14 bits per heavy atom. The first-order valence-electron chi connectivity index (χ1n) is 29.2. The number of hydrogen-bond donors (Lipinski definition) is 3. The number of hydrogen-bond acceptors (Lipinski definition) is 17. The number of carbonyl (C=O) groups excluding carboxylic acids is 6. The van der Waals surface area contributed by atoms with Gasteiger partial charge in [-0.05, 0) is 115 Å². The molecule has 0 bridgehead atoms. The van der Waals surface area contributed by atoms with E-state index in [1.54, 1.807) is 12.1 Å². The number of alkyl halides is 2. The number of ether oxygens (including phenoxy) is 6. The van der Waals surface area contributed by atoms with Crippen molar-refractivity contribution in [2.75, 3.05) is 90.6 Å². The molecule has 21 nitrogen and oxygen atoms in total. The highest BCUT2D eigenvalue weighted by molar-refractivity contribution is 5.95. The molecule has 3 N–H and O–H groups in total. The first-order chi connectivity index (χ1) is 39.3. The van der Waals surface area contributed by atoms with Gasteiger partial charge >= 0.3 is 23.9 Å². The number of rotatable bonds is 30. The number of amides is 3. The smallest absolute Gasteiger partial charge is 0.344 e. The standard InChI is InChI=1S/C61H92F2N6O15/c1-37(2)31-47(65(12)52(71)49(83-55(75)46(64-11)35-59(7,8)62)32-41-15-19-43(20-16-41)68-23-27-79-28-24-68)56(76)81-39(5)51(70)66(13)48(36-60(9,10)63)57(77)84-50(33-42-17-21-44(22-18-42)69-25-29-80-30-26-69)53(72)67(14)61(34-45(61)38(3)4)58(78)82-40(6)54(73)74/h15-22,37-40,45-50,56,64,76H,23-36H2,1-14H3,(H,73,74)/t39-,40-,45?,46+,47+,48?,49-,50-,56?,61?/m1/s1. The fraction of sp³-hybridized carbons (Fsp3) is 0.689. The quantitative estimate of drug-likeness (QED) is 0.0521. The molecule has 470 valence electrons. The highest BCUT2D eigenvalue weighted by atomic mass is 19.1. The normalized spacial score (nSPS) is 20.3. The van der Waals surface area contributed by atoms with Crippen LogP contribution >= 0.6 is 0 Å². The van der Waals surface area contributed by atoms with E-state index in [0.29, 0.717) is 63.7 Å². The van der Waals surface area contributed by atoms with Crippen LogP contribution < -0.4 is 15.1 Å². The second-order valence-electron chi connectivity index (χ2n) is 24.5. The van der Waals surface area contributed by atoms with Crippen LogP contribution in [0.15, 0.2) is 48.5 Å². The Bertz CT molecular complexity index is 2530. The Morgan fingerprint density at radius 1 is 0.679 bits per heavy atom. The number of likely N-dealkylation sites (N-methyl/N-ethyl adjacent to an activating group) is 4. The summed E-state index contributed by atoms with van der Waals surface area (Å²) in [7, 11) is 5.46. The van der Waals surface area contributed by atoms with Gasteiger partial charge in [-0.2, -0.15) is 0 Å². The second-order valence-corrected chi connectivity index (χ2v) is 24.5. The molecule has 23 heteroatoms. The SMILES string of the molecule is CN[C@@H](CC(C)(C)F)C(=O)O[C@H](Cc1ccc(N2CCOCC2)cc1)C(=O)N(C)[C@@H](CC(C)C)C(O)O[C@H](C)C(=O)N(C)C(CC(C)(C)F)C(=O)O[C@H](Cc1ccc(N2CCOCC2)cc1)C(=O)N(C)C1(C(=O)O[C@H](C)C(=O)O)CC1C(C)C. The van der Waals surface area contributed by atoms with Gasteiger partial charge in [0.25, 0.3) is 17.7 Å². The number of benzene rings is 2. The number of carbonyl (C=O) groups is 7. The lowest BCUT2D eigenvalue weighted by Crippen LogP contribution is -2.55. The molecule has 1 aliphatic carbocycles. The van der Waals surface area contributed by atoms with Crippen LogP contribution in [0, 0.1) is 17.8 Å². The molecule has 3 amide bonds. The van der Waals surface area contributed by atoms with Crippen molar-refractivity contribution in [2.24, 2.45) is 17.8 Å². The molecule has 0 radical (unpaired) electrons. The number of halogens is 2. The van der Waals surface area contributed by atoms with Gasteiger partial charge in [-0.15, -0.1) is 0 Å². The second kappa shape index (κ2) is 29.9. The highest BCUT2D eigenvalue weighted by Gasteiger charge is 2.67. The number of aliphatic hydroxyl groups excluding tert-OH is 1. The van der Waals surface area contributed by atoms with Crippen LogP contribution in [0.3, 0.4) is 0 Å². The molecule has 10 atom stereocenters. The number of aliphatic carboxylic acids is 1. The molecule has 2 aromatic rings. The average molecular weight is 1190 g/mol. The summed E-state index contributed by atoms with van der Waals surface area (Å²) in [6.45, 7) is 19.8. The summed E-state index contributed by atoms with van der Waals surface area (Å²) in [4.78, 5) is 106. The van der Waals surface area contributed by atoms with Crippen LogP contribution in [-0.4, -0.2) is 213 Å². The first kappa shape index (κ1) is 68.8. The molecule has 0 spiro atoms. The van der Waals surface area contributed by atoms with Crippen LogP contribution in [0.25, 0.3) is 0 Å². The lowest BCUT2D eigenvalue weighted by Gasteiger charge is -2.37. The van der Waals surface area contributed by atoms with E-state index in [9.17, 15) is 48.2 Å². The summed E-state index contributed by atoms with van der Waals surface area (Å²) in [5.74, 6) is -7.67. The van der Waals surface area contributed by atoms with Gasteiger partial charge in [0, 0.05) is 84.4 Å². The van der Waals surface area contributed by atoms with Crippen LogP contribution in [0.1, 0.15) is 106 Å². The van der Waals surface area contributed by atoms with Crippen molar-refractivity contribution < 1.29 is 81.0 Å². The number of carboxylic acids is 1. The van der Waals surface area contributed by atoms with Crippen molar-refractivity contribution in [3.8, 4) is 0 Å². The molecule has 2 saturated heterocycles. The number of nitrogens with one attached hydrogen (secondary N) is 1. The zero-order chi connectivity index (χ0) is 62.6. The molecule has 4 unspecified atom stereocenters. The van der Waals surface area contributed by atoms with Crippen LogP contribution in [-0.2, 0) is 74.8 Å². The number of morpholine rings is 2. The van der Waals surface area contributed by atoms with Crippen LogP contribution in [0.4, 0.5) is 20.2 Å². The minimum Gasteiger partial charge on any atom is -0.479 e. The fourth-order valence-electron chi connectivity index (χ4n) is 10.9. The largest absolute Gasteiger partial charge is 0.479 e. The van der Waals surface area contributed by atoms with E-state index in [1.165, 1.54) is 74.6 Å². The highest BCUT2D eigenvalue weighted by Crippen LogP contribution is 2.53. The third-order valence-electron chi connectivity index (χ3n) is 15.9. The van der Waals surface area contributed by atoms with Gasteiger partial charge in [0.1, 0.15) is 35.1 Å². The Morgan fingerprint density at radius 3 is 1.56 bits per heavy atom. The number of esters is 3. The van der Waals surface area contributed by atoms with Crippen molar-refractivity contribution in [3.63, 3.8) is 0 Å². The Labute approximate surface area is 493 Å². The summed E-state index contributed by atoms with van der Waals surface area (Å²) in [6, 6.07) is 10.7. The van der Waals surface area contributed by atoms with E-state index in [1.807, 2.05) is 64.1 Å². The predicted molar refractivity (Wildman–Crippen MR) is 309 cm³/mol. The molecule has 3 aliphatic rings. The van der Waals surface area contributed by atoms with Crippen molar-refractivity contribution in [2.45, 2.75) is 173 Å². The molecule has 2 aliphatic heterocycles. The number of anilines is 2. The molecule has 84 heavy (non-hydrogen) atoms. The van der Waals surface area contributed by atoms with E-state index in [2.05, 4.69) is 15.1 Å². The third-order valence-corrected chi connectivity index (χ3v) is 15.9. The van der Waals surface area contributed by atoms with E-state index in [-0.39, 0.29) is 43.9 Å². The minimum absolute atomic E-state index is 0.0942. The van der Waals surface area contributed by atoms with E-state index >= 15 is 4.39 Å². The molecule has 2 aromatic carbocycles. The molecule has 5 rings (SSSR count). The summed E-state index contributed by atoms with van der Waals surface area (Å²) >= 11 is 0. The molecule has 2 heterocycles. The topological polar surface area (TPSA) is 244 Å². The fourth-order valence-corrected chi connectivity index (χ4v) is 10.9. The van der Waals surface area contributed by atoms with E-state index in [4.69, 9.17) is 28.4 Å². The number of nitrogens with zero attached hydrogens (tertiary/aromatic N) is 5. The minimum atomic E-state index is -2.12. The van der Waals surface area contributed by atoms with Crippen molar-refractivity contribution in [1.82, 2.24) is 20.0 Å². The number of aliphatic hydroxyl groups is 1. The summed E-state index contributed by atoms with van der Waals surface area (Å²) in [6.07, 6.45) is -9.08. The molecular formula is C61H92F2N6O15. The molecule has 3 fully saturated rings. The molecule has 0 aromatic heterocycles. The van der Waals surface area contributed by atoms with Gasteiger partial charge in [0.05, 0.1) is 32.5 Å². The van der Waals surface area contributed by atoms with Crippen molar-refractivity contribution >= 4 is 53.0 Å². The van der Waals surface area contributed by atoms with E-state index < -0.39 is 120 Å². The predicted octanol–water partition coefficient (Wildman–Crippen LogP) is 5.15. The Balaban J connectivity index is 1.41. The maximum absolute atomic E-state index is 15.9. The van der Waals surface area contributed by atoms with Gasteiger partial charge < -0.3 is 68.5 Å². The Kier molecular flexibility index (Phi) is 24.5. The lowest BCUT2D eigenvalue weighted by atomic mass is 9.98. The lowest BCUT2D eigenvalue weighted by molar-refractivity contribution is -0.192. The van der Waals surface area contributed by atoms with Crippen LogP contribution in [0.2, 0.25) is 0 Å². The zero-order valence-electron chi connectivity index (χ0n) is 51.6. The summed E-state index contributed by atoms with van der Waals surface area (Å²) in [5, 5.41) is 24.3. The molecule has 1 saturated carbocycles. The summed E-state index contributed by atoms with van der Waals surface area (Å²) in [5.41, 5.74) is -2.50. The zero-order valence-corrected chi connectivity index (χ0v) is 51.6. The van der Waals surface area contributed by atoms with Gasteiger partial charge in [0.2, 0.25) is 0 Å². The maximum Gasteiger partial charge on any atom is 0.344 e. The average Bonchev–Trinajstić information content (AvgIpc) is 1.61. The monoisotopic (exact) mass is 1190 g/mol. The number of carboxylic acid groups (broad SMARTS) is 1. The van der Waals surface area contributed by atoms with E-state index in [0.717, 1.165) is 21.2 Å². The van der Waals surface area contributed by atoms with Gasteiger partial charge in [-0.3, -0.25) is 19.2 Å². The van der Waals surface area contributed by atoms with Crippen LogP contribution in [0.5, 0.6) is 0 Å². The Hall–Kier alpha value is -6.01. The van der Waals surface area contributed by atoms with Gasteiger partial charge in [-0.1, -0.05) is 52.0 Å². The summed E-state index contributed by atoms with van der Waals surface area (Å²) < 4.78 is 65.3. The first-order valence-corrected chi connectivity index (χ1v) is 29.2. The molecular weight excluding hydrogens is 1090 g/mol. The van der Waals surface area contributed by atoms with Crippen molar-refractivity contribution in [1.29, 1.82) is 0 Å². The van der Waals surface area contributed by atoms with Gasteiger partial charge in [0.15, 0.2) is 24.6 Å². The third kappa shape index (κ3) is 18.7. The van der Waals surface area contributed by atoms with Gasteiger partial charge in [-0.25, -0.2) is 23.2 Å². The van der Waals surface area contributed by atoms with Crippen molar-refractivity contribution in [3.05, 3.63) is 59.7 Å².